The van der Waals surface area contributed by atoms with E-state index in [4.69, 9.17) is 17.2 Å². The number of carboxylic acid groups (broad SMARTS) is 1. The van der Waals surface area contributed by atoms with Crippen molar-refractivity contribution in [3.05, 3.63) is 35.9 Å². The number of amides is 4. The zero-order valence-electron chi connectivity index (χ0n) is 20.0. The summed E-state index contributed by atoms with van der Waals surface area (Å²) in [7, 11) is 0. The zero-order valence-corrected chi connectivity index (χ0v) is 20.0. The minimum absolute atomic E-state index is 0.00470. The molecule has 1 rings (SSSR count). The number of benzene rings is 1. The Balaban J connectivity index is 2.63. The Bertz CT molecular complexity index is 874. The highest BCUT2D eigenvalue weighted by Gasteiger charge is 2.27. The molecular weight excluding hydrogens is 456 g/mol. The predicted octanol–water partition coefficient (Wildman–Crippen LogP) is -1.08. The number of urea groups is 1. The molecule has 35 heavy (non-hydrogen) atoms. The van der Waals surface area contributed by atoms with E-state index in [0.717, 1.165) is 5.56 Å². The molecular formula is C22H36N8O5. The maximum Gasteiger partial charge on any atom is 0.334 e. The Kier molecular flexibility index (Phi) is 12.6. The molecule has 0 saturated carbocycles. The van der Waals surface area contributed by atoms with Gasteiger partial charge in [0.15, 0.2) is 5.96 Å². The van der Waals surface area contributed by atoms with Gasteiger partial charge in [0, 0.05) is 6.54 Å². The van der Waals surface area contributed by atoms with Crippen molar-refractivity contribution in [3.63, 3.8) is 0 Å². The van der Waals surface area contributed by atoms with E-state index in [-0.39, 0.29) is 37.7 Å². The lowest BCUT2D eigenvalue weighted by Crippen LogP contribution is -2.57. The number of carboxylic acids is 1. The van der Waals surface area contributed by atoms with Crippen molar-refractivity contribution in [1.29, 1.82) is 0 Å². The normalized spacial score (nSPS) is 13.1. The van der Waals surface area contributed by atoms with Crippen LogP contribution in [0.1, 0.15) is 38.7 Å². The fourth-order valence-electron chi connectivity index (χ4n) is 3.10. The van der Waals surface area contributed by atoms with Gasteiger partial charge < -0.3 is 32.9 Å². The topological polar surface area (TPSA) is 227 Å². The highest BCUT2D eigenvalue weighted by atomic mass is 16.4. The average Bonchev–Trinajstić information content (AvgIpc) is 2.78. The lowest BCUT2D eigenvalue weighted by molar-refractivity contribution is -0.142. The summed E-state index contributed by atoms with van der Waals surface area (Å²) in [5.74, 6) is -2.61. The number of hydrogen-bond donors (Lipinski definition) is 8. The van der Waals surface area contributed by atoms with Crippen molar-refractivity contribution in [2.75, 3.05) is 6.54 Å². The Hall–Kier alpha value is -3.87. The van der Waals surface area contributed by atoms with Crippen molar-refractivity contribution in [2.24, 2.45) is 28.1 Å². The lowest BCUT2D eigenvalue weighted by Gasteiger charge is -2.23. The van der Waals surface area contributed by atoms with Gasteiger partial charge in [0.25, 0.3) is 5.91 Å². The van der Waals surface area contributed by atoms with Crippen LogP contribution in [-0.4, -0.2) is 59.6 Å². The van der Waals surface area contributed by atoms with Crippen LogP contribution in [0.5, 0.6) is 0 Å². The Morgan fingerprint density at radius 2 is 1.63 bits per heavy atom. The number of guanidine groups is 1. The van der Waals surface area contributed by atoms with Gasteiger partial charge in [-0.15, -0.1) is 0 Å². The van der Waals surface area contributed by atoms with Crippen LogP contribution in [0.15, 0.2) is 35.3 Å². The van der Waals surface area contributed by atoms with Crippen molar-refractivity contribution < 1.29 is 24.3 Å². The van der Waals surface area contributed by atoms with Crippen molar-refractivity contribution in [3.8, 4) is 0 Å². The summed E-state index contributed by atoms with van der Waals surface area (Å²) in [5.41, 5.74) is 21.6. The first-order valence-electron chi connectivity index (χ1n) is 11.2. The Morgan fingerprint density at radius 1 is 0.971 bits per heavy atom. The first kappa shape index (κ1) is 29.2. The Labute approximate surface area is 204 Å². The number of nitrogens with one attached hydrogen (secondary N) is 4. The minimum atomic E-state index is -1.23. The molecule has 3 atom stereocenters. The number of aliphatic carboxylic acids is 1. The van der Waals surface area contributed by atoms with Crippen LogP contribution in [0.3, 0.4) is 0 Å². The molecule has 13 nitrogen and oxygen atoms in total. The highest BCUT2D eigenvalue weighted by Crippen LogP contribution is 2.07. The summed E-state index contributed by atoms with van der Waals surface area (Å²) < 4.78 is 0. The van der Waals surface area contributed by atoms with E-state index in [1.807, 2.05) is 44.2 Å². The molecule has 0 aliphatic rings. The SMILES string of the molecule is CC(C)C[C@H](NC(=O)NNC(=O)[C@@H](N)Cc1ccccc1)C(=O)N[C@@H](CCCN=C(N)N)C(=O)O. The lowest BCUT2D eigenvalue weighted by atomic mass is 10.0. The third-order valence-electron chi connectivity index (χ3n) is 4.82. The molecule has 0 aliphatic carbocycles. The van der Waals surface area contributed by atoms with Gasteiger partial charge in [-0.25, -0.2) is 15.0 Å². The molecule has 1 aromatic carbocycles. The highest BCUT2D eigenvalue weighted by molar-refractivity contribution is 5.91. The summed E-state index contributed by atoms with van der Waals surface area (Å²) in [4.78, 5) is 52.5. The monoisotopic (exact) mass is 492 g/mol. The number of carbonyl (C=O) groups excluding carboxylic acids is 3. The summed E-state index contributed by atoms with van der Waals surface area (Å²) in [6.07, 6.45) is 0.927. The first-order valence-corrected chi connectivity index (χ1v) is 11.2. The standard InChI is InChI=1S/C22H36N8O5/c1-13(2)11-17(19(32)27-16(20(33)34)9-6-10-26-21(24)25)28-22(35)30-29-18(31)15(23)12-14-7-4-3-5-8-14/h3-5,7-8,13,15-17H,6,9-12,23H2,1-2H3,(H,27,32)(H,29,31)(H,33,34)(H4,24,25,26)(H2,28,30,35)/t15-,16-,17-/m0/s1. The van der Waals surface area contributed by atoms with Crippen LogP contribution in [0.2, 0.25) is 0 Å². The smallest absolute Gasteiger partial charge is 0.334 e. The first-order chi connectivity index (χ1) is 16.5. The number of hydrogen-bond acceptors (Lipinski definition) is 6. The number of nitrogens with two attached hydrogens (primary N) is 3. The van der Waals surface area contributed by atoms with E-state index in [1.165, 1.54) is 0 Å². The van der Waals surface area contributed by atoms with Crippen LogP contribution in [-0.2, 0) is 20.8 Å². The molecule has 0 bridgehead atoms. The molecule has 1 aromatic rings. The van der Waals surface area contributed by atoms with E-state index in [2.05, 4.69) is 26.5 Å². The van der Waals surface area contributed by atoms with E-state index in [0.29, 0.717) is 6.42 Å². The van der Waals surface area contributed by atoms with Gasteiger partial charge in [-0.05, 0) is 37.2 Å². The van der Waals surface area contributed by atoms with Crippen molar-refractivity contribution >= 4 is 29.8 Å². The molecule has 4 amide bonds. The Morgan fingerprint density at radius 3 is 2.20 bits per heavy atom. The van der Waals surface area contributed by atoms with E-state index < -0.39 is 41.9 Å². The quantitative estimate of drug-likeness (QED) is 0.0729. The summed E-state index contributed by atoms with van der Waals surface area (Å²) in [5, 5.41) is 14.3. The van der Waals surface area contributed by atoms with Crippen LogP contribution in [0.25, 0.3) is 0 Å². The van der Waals surface area contributed by atoms with Gasteiger partial charge in [-0.3, -0.25) is 20.0 Å². The zero-order chi connectivity index (χ0) is 26.4. The van der Waals surface area contributed by atoms with Crippen LogP contribution in [0.4, 0.5) is 4.79 Å². The third kappa shape index (κ3) is 12.2. The second-order valence-electron chi connectivity index (χ2n) is 8.41. The molecule has 194 valence electrons. The third-order valence-corrected chi connectivity index (χ3v) is 4.82. The van der Waals surface area contributed by atoms with Crippen molar-refractivity contribution in [2.45, 2.75) is 57.7 Å². The second-order valence-corrected chi connectivity index (χ2v) is 8.41. The number of hydrazine groups is 1. The molecule has 0 heterocycles. The number of nitrogens with zero attached hydrogens (tertiary/aromatic N) is 1. The molecule has 0 spiro atoms. The van der Waals surface area contributed by atoms with Crippen LogP contribution >= 0.6 is 0 Å². The predicted molar refractivity (Wildman–Crippen MR) is 131 cm³/mol. The summed E-state index contributed by atoms with van der Waals surface area (Å²) >= 11 is 0. The molecule has 11 N–H and O–H groups in total. The van der Waals surface area contributed by atoms with Gasteiger partial charge in [-0.1, -0.05) is 44.2 Å². The largest absolute Gasteiger partial charge is 0.480 e. The molecule has 0 radical (unpaired) electrons. The summed E-state index contributed by atoms with van der Waals surface area (Å²) in [6, 6.07) is 5.18. The molecule has 0 unspecified atom stereocenters. The maximum absolute atomic E-state index is 12.7. The van der Waals surface area contributed by atoms with Gasteiger partial charge >= 0.3 is 12.0 Å². The van der Waals surface area contributed by atoms with E-state index in [1.54, 1.807) is 0 Å². The van der Waals surface area contributed by atoms with Gasteiger partial charge in [0.05, 0.1) is 6.04 Å². The molecule has 0 fully saturated rings. The molecule has 0 aliphatic heterocycles. The number of aliphatic imine (C=N–C) groups is 1. The average molecular weight is 493 g/mol. The molecule has 13 heteroatoms. The fourth-order valence-corrected chi connectivity index (χ4v) is 3.10. The second kappa shape index (κ2) is 15.1. The number of carbonyl (C=O) groups is 4. The number of rotatable bonds is 13. The van der Waals surface area contributed by atoms with Gasteiger partial charge in [0.1, 0.15) is 12.1 Å². The molecule has 0 saturated heterocycles. The van der Waals surface area contributed by atoms with Crippen LogP contribution in [0, 0.1) is 5.92 Å². The van der Waals surface area contributed by atoms with Gasteiger partial charge in [-0.2, -0.15) is 0 Å². The van der Waals surface area contributed by atoms with Crippen LogP contribution < -0.4 is 38.7 Å². The maximum atomic E-state index is 12.7. The van der Waals surface area contributed by atoms with E-state index >= 15 is 0 Å². The molecule has 0 aromatic heterocycles. The fraction of sp³-hybridized carbons (Fsp3) is 0.500. The van der Waals surface area contributed by atoms with Crippen molar-refractivity contribution in [1.82, 2.24) is 21.5 Å². The summed E-state index contributed by atoms with van der Waals surface area (Å²) in [6.45, 7) is 3.90. The van der Waals surface area contributed by atoms with E-state index in [9.17, 15) is 24.3 Å². The van der Waals surface area contributed by atoms with Gasteiger partial charge in [0.2, 0.25) is 5.91 Å². The minimum Gasteiger partial charge on any atom is -0.480 e.